The Kier molecular flexibility index (Phi) is 4.44. The summed E-state index contributed by atoms with van der Waals surface area (Å²) >= 11 is 1.76. The highest BCUT2D eigenvalue weighted by Gasteiger charge is 2.31. The molecule has 2 aliphatic carbocycles. The summed E-state index contributed by atoms with van der Waals surface area (Å²) in [6.07, 6.45) is 8.14. The predicted molar refractivity (Wildman–Crippen MR) is 87.5 cm³/mol. The average molecular weight is 333 g/mol. The second-order valence-corrected chi connectivity index (χ2v) is 7.48. The summed E-state index contributed by atoms with van der Waals surface area (Å²) in [4.78, 5) is 9.30. The fourth-order valence-corrected chi connectivity index (χ4v) is 4.38. The third-order valence-electron chi connectivity index (χ3n) is 4.74. The molecule has 2 aliphatic rings. The summed E-state index contributed by atoms with van der Waals surface area (Å²) in [5, 5.41) is 7.58. The van der Waals surface area contributed by atoms with Crippen LogP contribution in [0.4, 0.5) is 0 Å². The summed E-state index contributed by atoms with van der Waals surface area (Å²) < 4.78 is 11.4. The second kappa shape index (κ2) is 6.69. The highest BCUT2D eigenvalue weighted by molar-refractivity contribution is 7.09. The SMILES string of the molecule is CCO[C@H](c1noc(Cc2csc(C3CC3)n2)n1)C1CCCC1. The molecule has 124 valence electrons. The Bertz CT molecular complexity index is 644. The fraction of sp³-hybridized carbons (Fsp3) is 0.706. The number of hydrogen-bond acceptors (Lipinski definition) is 6. The van der Waals surface area contributed by atoms with E-state index in [-0.39, 0.29) is 6.10 Å². The van der Waals surface area contributed by atoms with Crippen molar-refractivity contribution < 1.29 is 9.26 Å². The van der Waals surface area contributed by atoms with E-state index in [2.05, 4.69) is 15.5 Å². The van der Waals surface area contributed by atoms with Gasteiger partial charge in [-0.1, -0.05) is 18.0 Å². The van der Waals surface area contributed by atoms with Crippen molar-refractivity contribution in [2.24, 2.45) is 5.92 Å². The van der Waals surface area contributed by atoms with Crippen molar-refractivity contribution in [1.29, 1.82) is 0 Å². The first-order valence-electron chi connectivity index (χ1n) is 8.72. The molecule has 0 bridgehead atoms. The van der Waals surface area contributed by atoms with E-state index >= 15 is 0 Å². The van der Waals surface area contributed by atoms with Crippen molar-refractivity contribution >= 4 is 11.3 Å². The first-order chi connectivity index (χ1) is 11.3. The van der Waals surface area contributed by atoms with E-state index in [1.165, 1.54) is 43.5 Å². The van der Waals surface area contributed by atoms with Crippen molar-refractivity contribution in [2.75, 3.05) is 6.61 Å². The molecule has 6 heteroatoms. The first kappa shape index (κ1) is 15.3. The van der Waals surface area contributed by atoms with Crippen LogP contribution < -0.4 is 0 Å². The lowest BCUT2D eigenvalue weighted by molar-refractivity contribution is 0.0127. The Morgan fingerprint density at radius 1 is 1.26 bits per heavy atom. The van der Waals surface area contributed by atoms with Crippen LogP contribution in [0.2, 0.25) is 0 Å². The van der Waals surface area contributed by atoms with E-state index in [1.54, 1.807) is 11.3 Å². The van der Waals surface area contributed by atoms with Gasteiger partial charge in [0.25, 0.3) is 0 Å². The molecule has 0 radical (unpaired) electrons. The molecule has 0 spiro atoms. The van der Waals surface area contributed by atoms with Crippen molar-refractivity contribution in [3.63, 3.8) is 0 Å². The number of rotatable bonds is 7. The minimum absolute atomic E-state index is 0.0162. The third kappa shape index (κ3) is 3.48. The number of nitrogens with zero attached hydrogens (tertiary/aromatic N) is 3. The molecule has 2 heterocycles. The molecule has 0 saturated heterocycles. The molecular weight excluding hydrogens is 310 g/mol. The minimum Gasteiger partial charge on any atom is -0.370 e. The average Bonchev–Trinajstić information content (AvgIpc) is 2.99. The van der Waals surface area contributed by atoms with E-state index < -0.39 is 0 Å². The highest BCUT2D eigenvalue weighted by Crippen LogP contribution is 2.41. The van der Waals surface area contributed by atoms with Crippen LogP contribution >= 0.6 is 11.3 Å². The molecule has 23 heavy (non-hydrogen) atoms. The predicted octanol–water partition coefficient (Wildman–Crippen LogP) is 4.26. The summed E-state index contributed by atoms with van der Waals surface area (Å²) in [7, 11) is 0. The molecule has 0 unspecified atom stereocenters. The summed E-state index contributed by atoms with van der Waals surface area (Å²) in [6.45, 7) is 2.71. The first-order valence-corrected chi connectivity index (χ1v) is 9.60. The van der Waals surface area contributed by atoms with E-state index in [9.17, 15) is 0 Å². The normalized spacial score (nSPS) is 20.2. The fourth-order valence-electron chi connectivity index (χ4n) is 3.39. The van der Waals surface area contributed by atoms with Crippen LogP contribution in [0.5, 0.6) is 0 Å². The second-order valence-electron chi connectivity index (χ2n) is 6.59. The van der Waals surface area contributed by atoms with E-state index in [1.807, 2.05) is 6.92 Å². The molecule has 0 aromatic carbocycles. The maximum atomic E-state index is 5.92. The van der Waals surface area contributed by atoms with Crippen LogP contribution in [-0.2, 0) is 11.2 Å². The summed E-state index contributed by atoms with van der Waals surface area (Å²) in [5.74, 6) is 2.60. The molecular formula is C17H23N3O2S. The van der Waals surface area contributed by atoms with Crippen LogP contribution in [-0.4, -0.2) is 21.7 Å². The Hall–Kier alpha value is -1.27. The number of ether oxygens (including phenoxy) is 1. The van der Waals surface area contributed by atoms with Gasteiger partial charge in [0, 0.05) is 17.9 Å². The quantitative estimate of drug-likeness (QED) is 0.757. The van der Waals surface area contributed by atoms with Crippen LogP contribution in [0.1, 0.15) is 79.9 Å². The van der Waals surface area contributed by atoms with E-state index in [4.69, 9.17) is 14.2 Å². The van der Waals surface area contributed by atoms with Gasteiger partial charge in [-0.2, -0.15) is 4.98 Å². The monoisotopic (exact) mass is 333 g/mol. The number of hydrogen-bond donors (Lipinski definition) is 0. The van der Waals surface area contributed by atoms with Crippen molar-refractivity contribution in [3.05, 3.63) is 27.8 Å². The number of aromatic nitrogens is 3. The molecule has 1 atom stereocenters. The van der Waals surface area contributed by atoms with Gasteiger partial charge in [0.15, 0.2) is 0 Å². The molecule has 5 nitrogen and oxygen atoms in total. The van der Waals surface area contributed by atoms with Gasteiger partial charge < -0.3 is 9.26 Å². The van der Waals surface area contributed by atoms with Gasteiger partial charge in [0.05, 0.1) is 17.1 Å². The lowest BCUT2D eigenvalue weighted by Gasteiger charge is -2.19. The van der Waals surface area contributed by atoms with E-state index in [0.717, 1.165) is 5.69 Å². The van der Waals surface area contributed by atoms with Crippen molar-refractivity contribution in [3.8, 4) is 0 Å². The topological polar surface area (TPSA) is 61.0 Å². The van der Waals surface area contributed by atoms with Crippen LogP contribution in [0.3, 0.4) is 0 Å². The maximum absolute atomic E-state index is 5.92. The molecule has 2 aromatic heterocycles. The Morgan fingerprint density at radius 3 is 2.83 bits per heavy atom. The maximum Gasteiger partial charge on any atom is 0.232 e. The molecule has 2 saturated carbocycles. The van der Waals surface area contributed by atoms with Gasteiger partial charge in [-0.15, -0.1) is 11.3 Å². The Morgan fingerprint density at radius 2 is 2.09 bits per heavy atom. The number of thiazole rings is 1. The van der Waals surface area contributed by atoms with Gasteiger partial charge in [-0.05, 0) is 38.5 Å². The summed E-state index contributed by atoms with van der Waals surface area (Å²) in [5.41, 5.74) is 1.04. The van der Waals surface area contributed by atoms with Crippen LogP contribution in [0.15, 0.2) is 9.90 Å². The Labute approximate surface area is 140 Å². The molecule has 0 amide bonds. The van der Waals surface area contributed by atoms with Gasteiger partial charge in [0.1, 0.15) is 6.10 Å². The van der Waals surface area contributed by atoms with Crippen molar-refractivity contribution in [2.45, 2.75) is 63.9 Å². The lowest BCUT2D eigenvalue weighted by Crippen LogP contribution is -2.15. The Balaban J connectivity index is 1.45. The van der Waals surface area contributed by atoms with Gasteiger partial charge in [-0.25, -0.2) is 4.98 Å². The van der Waals surface area contributed by atoms with E-state index in [0.29, 0.717) is 36.6 Å². The van der Waals surface area contributed by atoms with Gasteiger partial charge in [0.2, 0.25) is 11.7 Å². The minimum atomic E-state index is -0.0162. The standard InChI is InChI=1S/C17H23N3O2S/c1-2-21-15(11-5-3-4-6-11)16-19-14(22-20-16)9-13-10-23-17(18-13)12-7-8-12/h10-12,15H,2-9H2,1H3/t15-/m0/s1. The van der Waals surface area contributed by atoms with Crippen molar-refractivity contribution in [1.82, 2.24) is 15.1 Å². The third-order valence-corrected chi connectivity index (χ3v) is 5.80. The zero-order valence-corrected chi connectivity index (χ0v) is 14.3. The molecule has 4 rings (SSSR count). The summed E-state index contributed by atoms with van der Waals surface area (Å²) in [6, 6.07) is 0. The molecule has 2 aromatic rings. The largest absolute Gasteiger partial charge is 0.370 e. The zero-order valence-electron chi connectivity index (χ0n) is 13.5. The zero-order chi connectivity index (χ0) is 15.6. The van der Waals surface area contributed by atoms with Gasteiger partial charge >= 0.3 is 0 Å². The van der Waals surface area contributed by atoms with Gasteiger partial charge in [-0.3, -0.25) is 0 Å². The molecule has 0 N–H and O–H groups in total. The molecule has 0 aliphatic heterocycles. The molecule has 2 fully saturated rings. The smallest absolute Gasteiger partial charge is 0.232 e. The van der Waals surface area contributed by atoms with Crippen LogP contribution in [0.25, 0.3) is 0 Å². The highest BCUT2D eigenvalue weighted by atomic mass is 32.1. The van der Waals surface area contributed by atoms with Crippen LogP contribution in [0, 0.1) is 5.92 Å². The lowest BCUT2D eigenvalue weighted by atomic mass is 10.0.